The van der Waals surface area contributed by atoms with Crippen LogP contribution in [0.5, 0.6) is 0 Å². The van der Waals surface area contributed by atoms with Crippen molar-refractivity contribution in [2.24, 2.45) is 7.05 Å². The lowest BCUT2D eigenvalue weighted by Crippen LogP contribution is -2.20. The summed E-state index contributed by atoms with van der Waals surface area (Å²) in [7, 11) is 1.81. The summed E-state index contributed by atoms with van der Waals surface area (Å²) in [6.45, 7) is 2.79. The molecule has 2 heterocycles. The zero-order valence-electron chi connectivity index (χ0n) is 13.5. The second-order valence-corrected chi connectivity index (χ2v) is 6.16. The fraction of sp³-hybridized carbons (Fsp3) is 0.412. The van der Waals surface area contributed by atoms with Gasteiger partial charge in [0.1, 0.15) is 5.69 Å². The van der Waals surface area contributed by atoms with Crippen LogP contribution in [0.4, 0.5) is 17.1 Å². The van der Waals surface area contributed by atoms with Crippen molar-refractivity contribution in [2.45, 2.75) is 26.2 Å². The Bertz CT molecular complexity index is 725. The average Bonchev–Trinajstić information content (AvgIpc) is 2.75. The third-order valence-corrected chi connectivity index (χ3v) is 4.40. The summed E-state index contributed by atoms with van der Waals surface area (Å²) in [6, 6.07) is 7.91. The molecule has 1 aromatic heterocycles. The number of aromatic nitrogens is 2. The van der Waals surface area contributed by atoms with E-state index in [9.17, 15) is 4.79 Å². The van der Waals surface area contributed by atoms with Crippen molar-refractivity contribution in [3.05, 3.63) is 35.7 Å². The highest BCUT2D eigenvalue weighted by molar-refractivity contribution is 6.17. The fourth-order valence-corrected chi connectivity index (χ4v) is 3.30. The number of anilines is 3. The first kappa shape index (κ1) is 15.9. The number of fused-ring (bicyclic) bond motifs is 2. The predicted octanol–water partition coefficient (Wildman–Crippen LogP) is 3.84. The molecule has 0 aliphatic carbocycles. The zero-order chi connectivity index (χ0) is 16.4. The average molecular weight is 333 g/mol. The van der Waals surface area contributed by atoms with Gasteiger partial charge in [-0.3, -0.25) is 9.48 Å². The topological polar surface area (TPSA) is 50.2 Å². The van der Waals surface area contributed by atoms with E-state index in [1.54, 1.807) is 4.68 Å². The number of carbonyl (C=O) groups is 1. The van der Waals surface area contributed by atoms with Gasteiger partial charge in [0.05, 0.1) is 22.8 Å². The number of nitrogens with one attached hydrogen (secondary N) is 1. The van der Waals surface area contributed by atoms with Gasteiger partial charge in [0.25, 0.3) is 5.91 Å². The van der Waals surface area contributed by atoms with Crippen LogP contribution >= 0.6 is 11.6 Å². The quantitative estimate of drug-likeness (QED) is 0.668. The maximum absolute atomic E-state index is 12.6. The molecule has 0 fully saturated rings. The Morgan fingerprint density at radius 3 is 2.78 bits per heavy atom. The number of alkyl halides is 1. The number of nitrogens with zero attached hydrogens (tertiary/aromatic N) is 3. The van der Waals surface area contributed by atoms with Gasteiger partial charge in [-0.2, -0.15) is 5.10 Å². The molecule has 23 heavy (non-hydrogen) atoms. The summed E-state index contributed by atoms with van der Waals surface area (Å²) in [5, 5.41) is 7.45. The normalized spacial score (nSPS) is 13.3. The van der Waals surface area contributed by atoms with E-state index in [0.29, 0.717) is 11.6 Å². The first-order valence-corrected chi connectivity index (χ1v) is 8.44. The van der Waals surface area contributed by atoms with E-state index in [0.717, 1.165) is 48.6 Å². The summed E-state index contributed by atoms with van der Waals surface area (Å²) >= 11 is 5.78. The van der Waals surface area contributed by atoms with Crippen LogP contribution in [-0.2, 0) is 7.05 Å². The van der Waals surface area contributed by atoms with Crippen LogP contribution in [0.25, 0.3) is 0 Å². The van der Waals surface area contributed by atoms with E-state index in [4.69, 9.17) is 11.6 Å². The van der Waals surface area contributed by atoms with Gasteiger partial charge in [0.2, 0.25) is 0 Å². The van der Waals surface area contributed by atoms with Gasteiger partial charge in [0, 0.05) is 19.5 Å². The number of carbonyl (C=O) groups excluding carboxylic acids is 1. The molecule has 6 heteroatoms. The molecule has 0 atom stereocenters. The van der Waals surface area contributed by atoms with Crippen molar-refractivity contribution in [3.8, 4) is 0 Å². The van der Waals surface area contributed by atoms with Crippen molar-refractivity contribution in [1.82, 2.24) is 9.78 Å². The van der Waals surface area contributed by atoms with Crippen LogP contribution in [0.1, 0.15) is 35.4 Å². The standard InChI is InChI=1S/C17H21ClN4O/c1-12-15-16(21(2)20-12)17(23)19-13-8-4-5-9-14(13)22(15)11-7-3-6-10-18/h4-5,8-9H,3,6-7,10-11H2,1-2H3,(H,19,23). The molecule has 0 spiro atoms. The van der Waals surface area contributed by atoms with Gasteiger partial charge in [-0.1, -0.05) is 18.6 Å². The van der Waals surface area contributed by atoms with E-state index in [2.05, 4.69) is 15.3 Å². The maximum Gasteiger partial charge on any atom is 0.276 e. The Labute approximate surface area is 141 Å². The second-order valence-electron chi connectivity index (χ2n) is 5.78. The zero-order valence-corrected chi connectivity index (χ0v) is 14.2. The lowest BCUT2D eigenvalue weighted by Gasteiger charge is -2.25. The molecule has 0 saturated heterocycles. The van der Waals surface area contributed by atoms with Crippen molar-refractivity contribution in [1.29, 1.82) is 0 Å². The second kappa shape index (κ2) is 6.62. The van der Waals surface area contributed by atoms with E-state index >= 15 is 0 Å². The van der Waals surface area contributed by atoms with Crippen LogP contribution in [0.3, 0.4) is 0 Å². The number of hydrogen-bond acceptors (Lipinski definition) is 3. The first-order chi connectivity index (χ1) is 11.1. The molecule has 3 rings (SSSR count). The number of hydrogen-bond donors (Lipinski definition) is 1. The SMILES string of the molecule is Cc1nn(C)c2c1N(CCCCCCl)c1ccccc1NC2=O. The van der Waals surface area contributed by atoms with Crippen LogP contribution in [0.15, 0.2) is 24.3 Å². The molecule has 1 aliphatic heterocycles. The Hall–Kier alpha value is -2.01. The highest BCUT2D eigenvalue weighted by atomic mass is 35.5. The molecular formula is C17H21ClN4O. The van der Waals surface area contributed by atoms with E-state index in [1.807, 2.05) is 38.2 Å². The minimum Gasteiger partial charge on any atom is -0.336 e. The molecule has 5 nitrogen and oxygen atoms in total. The van der Waals surface area contributed by atoms with Gasteiger partial charge in [-0.15, -0.1) is 11.6 Å². The lowest BCUT2D eigenvalue weighted by molar-refractivity contribution is 0.101. The molecule has 2 aromatic rings. The molecule has 0 unspecified atom stereocenters. The van der Waals surface area contributed by atoms with Gasteiger partial charge < -0.3 is 10.2 Å². The van der Waals surface area contributed by atoms with Gasteiger partial charge in [-0.25, -0.2) is 0 Å². The van der Waals surface area contributed by atoms with Gasteiger partial charge >= 0.3 is 0 Å². The number of rotatable bonds is 5. The van der Waals surface area contributed by atoms with Gasteiger partial charge in [-0.05, 0) is 31.9 Å². The fourth-order valence-electron chi connectivity index (χ4n) is 3.11. The van der Waals surface area contributed by atoms with E-state index in [1.165, 1.54) is 0 Å². The Morgan fingerprint density at radius 1 is 1.22 bits per heavy atom. The molecular weight excluding hydrogens is 312 g/mol. The van der Waals surface area contributed by atoms with Crippen molar-refractivity contribution in [2.75, 3.05) is 22.6 Å². The largest absolute Gasteiger partial charge is 0.336 e. The minimum absolute atomic E-state index is 0.112. The van der Waals surface area contributed by atoms with Crippen molar-refractivity contribution >= 4 is 34.6 Å². The summed E-state index contributed by atoms with van der Waals surface area (Å²) in [6.07, 6.45) is 3.09. The van der Waals surface area contributed by atoms with Crippen LogP contribution in [-0.4, -0.2) is 28.1 Å². The van der Waals surface area contributed by atoms with Crippen LogP contribution < -0.4 is 10.2 Å². The molecule has 0 saturated carbocycles. The Kier molecular flexibility index (Phi) is 4.57. The number of halogens is 1. The molecule has 1 amide bonds. The minimum atomic E-state index is -0.112. The predicted molar refractivity (Wildman–Crippen MR) is 93.9 cm³/mol. The van der Waals surface area contributed by atoms with E-state index < -0.39 is 0 Å². The molecule has 1 aliphatic rings. The monoisotopic (exact) mass is 332 g/mol. The number of benzene rings is 1. The third-order valence-electron chi connectivity index (χ3n) is 4.13. The molecule has 122 valence electrons. The van der Waals surface area contributed by atoms with Crippen molar-refractivity contribution in [3.63, 3.8) is 0 Å². The third kappa shape index (κ3) is 2.93. The first-order valence-electron chi connectivity index (χ1n) is 7.91. The maximum atomic E-state index is 12.6. The number of unbranched alkanes of at least 4 members (excludes halogenated alkanes) is 2. The molecule has 1 aromatic carbocycles. The molecule has 0 radical (unpaired) electrons. The van der Waals surface area contributed by atoms with Crippen LogP contribution in [0, 0.1) is 6.92 Å². The lowest BCUT2D eigenvalue weighted by atomic mass is 10.1. The van der Waals surface area contributed by atoms with E-state index in [-0.39, 0.29) is 5.91 Å². The summed E-state index contributed by atoms with van der Waals surface area (Å²) in [5.74, 6) is 0.576. The molecule has 1 N–H and O–H groups in total. The number of amides is 1. The summed E-state index contributed by atoms with van der Waals surface area (Å²) in [4.78, 5) is 14.8. The Morgan fingerprint density at radius 2 is 2.00 bits per heavy atom. The smallest absolute Gasteiger partial charge is 0.276 e. The summed E-state index contributed by atoms with van der Waals surface area (Å²) in [5.41, 5.74) is 4.23. The highest BCUT2D eigenvalue weighted by Gasteiger charge is 2.30. The summed E-state index contributed by atoms with van der Waals surface area (Å²) < 4.78 is 1.66. The number of aryl methyl sites for hydroxylation is 2. The Balaban J connectivity index is 2.05. The highest BCUT2D eigenvalue weighted by Crippen LogP contribution is 2.39. The van der Waals surface area contributed by atoms with Crippen molar-refractivity contribution < 1.29 is 4.79 Å². The van der Waals surface area contributed by atoms with Gasteiger partial charge in [0.15, 0.2) is 0 Å². The molecule has 0 bridgehead atoms. The van der Waals surface area contributed by atoms with Crippen LogP contribution in [0.2, 0.25) is 0 Å². The number of para-hydroxylation sites is 2.